The molecule has 1 aliphatic rings. The highest BCUT2D eigenvalue weighted by atomic mass is 16.4. The summed E-state index contributed by atoms with van der Waals surface area (Å²) in [6, 6.07) is 0. The van der Waals surface area contributed by atoms with Gasteiger partial charge in [0, 0.05) is 6.42 Å². The van der Waals surface area contributed by atoms with E-state index in [9.17, 15) is 9.59 Å². The van der Waals surface area contributed by atoms with Gasteiger partial charge in [-0.2, -0.15) is 5.10 Å². The number of aliphatic carboxylic acids is 1. The van der Waals surface area contributed by atoms with E-state index in [1.165, 1.54) is 6.33 Å². The van der Waals surface area contributed by atoms with Crippen LogP contribution in [-0.2, 0) is 16.1 Å². The van der Waals surface area contributed by atoms with Crippen LogP contribution in [0, 0.1) is 0 Å². The average molecular weight is 266 g/mol. The lowest BCUT2D eigenvalue weighted by atomic mass is 9.93. The quantitative estimate of drug-likeness (QED) is 0.784. The highest BCUT2D eigenvalue weighted by molar-refractivity contribution is 5.78. The van der Waals surface area contributed by atoms with Crippen molar-refractivity contribution >= 4 is 11.9 Å². The van der Waals surface area contributed by atoms with Crippen molar-refractivity contribution in [1.82, 2.24) is 20.1 Å². The fourth-order valence-electron chi connectivity index (χ4n) is 2.61. The molecule has 0 bridgehead atoms. The minimum absolute atomic E-state index is 0.00205. The maximum Gasteiger partial charge on any atom is 0.305 e. The van der Waals surface area contributed by atoms with Crippen molar-refractivity contribution in [2.45, 2.75) is 50.6 Å². The largest absolute Gasteiger partial charge is 0.481 e. The molecule has 0 unspecified atom stereocenters. The highest BCUT2D eigenvalue weighted by Gasteiger charge is 2.37. The number of carboxylic acids is 1. The molecule has 1 saturated carbocycles. The first kappa shape index (κ1) is 13.5. The Hall–Kier alpha value is -1.92. The van der Waals surface area contributed by atoms with E-state index in [2.05, 4.69) is 15.4 Å². The van der Waals surface area contributed by atoms with Gasteiger partial charge in [0.25, 0.3) is 0 Å². The van der Waals surface area contributed by atoms with Crippen LogP contribution in [0.25, 0.3) is 0 Å². The number of rotatable bonds is 6. The Morgan fingerprint density at radius 3 is 2.68 bits per heavy atom. The lowest BCUT2D eigenvalue weighted by Crippen LogP contribution is -2.48. The molecular weight excluding hydrogens is 248 g/mol. The summed E-state index contributed by atoms with van der Waals surface area (Å²) in [7, 11) is 0. The van der Waals surface area contributed by atoms with Gasteiger partial charge in [0.2, 0.25) is 5.91 Å². The summed E-state index contributed by atoms with van der Waals surface area (Å²) < 4.78 is 1.58. The van der Waals surface area contributed by atoms with Crippen molar-refractivity contribution in [2.75, 3.05) is 0 Å². The third-order valence-corrected chi connectivity index (χ3v) is 3.49. The van der Waals surface area contributed by atoms with Gasteiger partial charge in [0.05, 0.1) is 18.5 Å². The van der Waals surface area contributed by atoms with Crippen molar-refractivity contribution in [3.63, 3.8) is 0 Å². The predicted octanol–water partition coefficient (Wildman–Crippen LogP) is 0.572. The number of hydrogen-bond acceptors (Lipinski definition) is 4. The normalized spacial score (nSPS) is 17.3. The molecule has 1 aromatic rings. The number of aryl methyl sites for hydroxylation is 1. The summed E-state index contributed by atoms with van der Waals surface area (Å²) in [5, 5.41) is 15.8. The van der Waals surface area contributed by atoms with Gasteiger partial charge in [0.1, 0.15) is 12.7 Å². The van der Waals surface area contributed by atoms with Gasteiger partial charge in [-0.05, 0) is 12.8 Å². The number of nitrogens with one attached hydrogen (secondary N) is 1. The summed E-state index contributed by atoms with van der Waals surface area (Å²) in [5.74, 6) is -0.989. The number of aromatic nitrogens is 3. The smallest absolute Gasteiger partial charge is 0.305 e. The van der Waals surface area contributed by atoms with Crippen molar-refractivity contribution in [3.8, 4) is 0 Å². The second kappa shape index (κ2) is 5.81. The third-order valence-electron chi connectivity index (χ3n) is 3.49. The summed E-state index contributed by atoms with van der Waals surface area (Å²) in [6.07, 6.45) is 6.68. The van der Waals surface area contributed by atoms with E-state index in [0.29, 0.717) is 6.54 Å². The van der Waals surface area contributed by atoms with E-state index >= 15 is 0 Å². The molecule has 104 valence electrons. The average Bonchev–Trinajstić information content (AvgIpc) is 2.97. The summed E-state index contributed by atoms with van der Waals surface area (Å²) >= 11 is 0. The van der Waals surface area contributed by atoms with E-state index in [4.69, 9.17) is 5.11 Å². The highest BCUT2D eigenvalue weighted by Crippen LogP contribution is 2.32. The minimum Gasteiger partial charge on any atom is -0.481 e. The number of carbonyl (C=O) groups is 2. The molecule has 0 radical (unpaired) electrons. The Morgan fingerprint density at radius 2 is 2.11 bits per heavy atom. The molecule has 19 heavy (non-hydrogen) atoms. The summed E-state index contributed by atoms with van der Waals surface area (Å²) in [4.78, 5) is 26.6. The zero-order valence-corrected chi connectivity index (χ0v) is 10.7. The minimum atomic E-state index is -0.863. The van der Waals surface area contributed by atoms with E-state index in [-0.39, 0.29) is 18.7 Å². The van der Waals surface area contributed by atoms with Crippen LogP contribution in [0.5, 0.6) is 0 Å². The van der Waals surface area contributed by atoms with Crippen LogP contribution in [0.4, 0.5) is 0 Å². The Bertz CT molecular complexity index is 438. The van der Waals surface area contributed by atoms with Crippen LogP contribution in [0.15, 0.2) is 12.7 Å². The Balaban J connectivity index is 1.86. The molecule has 1 fully saturated rings. The first-order valence-electron chi connectivity index (χ1n) is 6.45. The van der Waals surface area contributed by atoms with E-state index < -0.39 is 11.5 Å². The maximum absolute atomic E-state index is 11.9. The lowest BCUT2D eigenvalue weighted by Gasteiger charge is -2.28. The number of carboxylic acid groups (broad SMARTS) is 1. The number of carbonyl (C=O) groups excluding carboxylic acids is 1. The molecule has 0 aromatic carbocycles. The molecule has 1 amide bonds. The van der Waals surface area contributed by atoms with Crippen molar-refractivity contribution in [1.29, 1.82) is 0 Å². The zero-order chi connectivity index (χ0) is 13.7. The van der Waals surface area contributed by atoms with Crippen LogP contribution in [0.1, 0.15) is 38.5 Å². The van der Waals surface area contributed by atoms with Gasteiger partial charge in [-0.3, -0.25) is 14.3 Å². The fourth-order valence-corrected chi connectivity index (χ4v) is 2.61. The van der Waals surface area contributed by atoms with Crippen molar-refractivity contribution in [2.24, 2.45) is 0 Å². The molecule has 1 aliphatic carbocycles. The standard InChI is InChI=1S/C12H18N4O3/c17-10(3-6-16-9-13-8-14-16)15-12(7-11(18)19)4-1-2-5-12/h8-9H,1-7H2,(H,15,17)(H,18,19). The molecule has 7 heteroatoms. The van der Waals surface area contributed by atoms with Gasteiger partial charge in [-0.15, -0.1) is 0 Å². The van der Waals surface area contributed by atoms with Gasteiger partial charge >= 0.3 is 5.97 Å². The van der Waals surface area contributed by atoms with Gasteiger partial charge in [-0.25, -0.2) is 4.98 Å². The number of hydrogen-bond donors (Lipinski definition) is 2. The Kier molecular flexibility index (Phi) is 4.13. The molecule has 2 rings (SSSR count). The van der Waals surface area contributed by atoms with Crippen LogP contribution in [-0.4, -0.2) is 37.3 Å². The predicted molar refractivity (Wildman–Crippen MR) is 66.2 cm³/mol. The molecule has 2 N–H and O–H groups in total. The van der Waals surface area contributed by atoms with E-state index in [0.717, 1.165) is 25.7 Å². The third kappa shape index (κ3) is 3.77. The molecule has 1 heterocycles. The second-order valence-electron chi connectivity index (χ2n) is 5.01. The van der Waals surface area contributed by atoms with E-state index in [1.54, 1.807) is 11.0 Å². The first-order chi connectivity index (χ1) is 9.10. The van der Waals surface area contributed by atoms with Crippen molar-refractivity contribution < 1.29 is 14.7 Å². The lowest BCUT2D eigenvalue weighted by molar-refractivity contribution is -0.139. The van der Waals surface area contributed by atoms with E-state index in [1.807, 2.05) is 0 Å². The molecule has 7 nitrogen and oxygen atoms in total. The molecular formula is C12H18N4O3. The van der Waals surface area contributed by atoms with Gasteiger partial charge < -0.3 is 10.4 Å². The molecule has 0 atom stereocenters. The molecule has 0 spiro atoms. The summed E-state index contributed by atoms with van der Waals surface area (Å²) in [6.45, 7) is 0.453. The zero-order valence-electron chi connectivity index (χ0n) is 10.7. The van der Waals surface area contributed by atoms with Crippen LogP contribution < -0.4 is 5.32 Å². The van der Waals surface area contributed by atoms with Crippen LogP contribution in [0.2, 0.25) is 0 Å². The molecule has 1 aromatic heterocycles. The van der Waals surface area contributed by atoms with Gasteiger partial charge in [-0.1, -0.05) is 12.8 Å². The number of nitrogens with zero attached hydrogens (tertiary/aromatic N) is 3. The monoisotopic (exact) mass is 266 g/mol. The topological polar surface area (TPSA) is 97.1 Å². The molecule has 0 aliphatic heterocycles. The summed E-state index contributed by atoms with van der Waals surface area (Å²) in [5.41, 5.74) is -0.550. The Morgan fingerprint density at radius 1 is 1.37 bits per heavy atom. The SMILES string of the molecule is O=C(O)CC1(NC(=O)CCn2cncn2)CCCC1. The van der Waals surface area contributed by atoms with Crippen LogP contribution in [0.3, 0.4) is 0 Å². The first-order valence-corrected chi connectivity index (χ1v) is 6.45. The maximum atomic E-state index is 11.9. The van der Waals surface area contributed by atoms with Gasteiger partial charge in [0.15, 0.2) is 0 Å². The molecule has 0 saturated heterocycles. The Labute approximate surface area is 111 Å². The van der Waals surface area contributed by atoms with Crippen LogP contribution >= 0.6 is 0 Å². The fraction of sp³-hybridized carbons (Fsp3) is 0.667. The van der Waals surface area contributed by atoms with Crippen molar-refractivity contribution in [3.05, 3.63) is 12.7 Å². The second-order valence-corrected chi connectivity index (χ2v) is 5.01. The number of amides is 1.